The van der Waals surface area contributed by atoms with E-state index in [0.29, 0.717) is 0 Å². The molecular weight excluding hydrogens is 182 g/mol. The molecule has 4 nitrogen and oxygen atoms in total. The molecule has 0 unspecified atom stereocenters. The van der Waals surface area contributed by atoms with E-state index in [1.165, 1.54) is 18.4 Å². The Hall–Kier alpha value is -2.10. The van der Waals surface area contributed by atoms with Crippen LogP contribution in [0.2, 0.25) is 0 Å². The molecule has 2 rings (SSSR count). The van der Waals surface area contributed by atoms with Gasteiger partial charge in [-0.05, 0) is 17.7 Å². The number of non-ortho nitro benzene ring substituents is 1. The lowest BCUT2D eigenvalue weighted by Gasteiger charge is -1.95. The Labute approximate surface area is 79.9 Å². The lowest BCUT2D eigenvalue weighted by molar-refractivity contribution is -0.384. The van der Waals surface area contributed by atoms with Crippen molar-refractivity contribution in [2.75, 3.05) is 0 Å². The number of nitrogens with zero attached hydrogens (tertiary/aromatic N) is 1. The van der Waals surface area contributed by atoms with Crippen molar-refractivity contribution in [3.05, 3.63) is 53.0 Å². The molecule has 0 saturated carbocycles. The Balaban J connectivity index is 2.36. The van der Waals surface area contributed by atoms with Gasteiger partial charge in [0.05, 0.1) is 17.4 Å². The second kappa shape index (κ2) is 3.33. The summed E-state index contributed by atoms with van der Waals surface area (Å²) in [6.45, 7) is 0. The van der Waals surface area contributed by atoms with Crippen LogP contribution >= 0.6 is 0 Å². The van der Waals surface area contributed by atoms with Crippen molar-refractivity contribution in [1.82, 2.24) is 0 Å². The fourth-order valence-corrected chi connectivity index (χ4v) is 1.15. The molecule has 1 heterocycles. The summed E-state index contributed by atoms with van der Waals surface area (Å²) in [5.74, 6) is 0. The lowest BCUT2D eigenvalue weighted by Crippen LogP contribution is -1.86. The van der Waals surface area contributed by atoms with Gasteiger partial charge < -0.3 is 4.42 Å². The van der Waals surface area contributed by atoms with Crippen LogP contribution in [0.1, 0.15) is 0 Å². The van der Waals surface area contributed by atoms with Crippen LogP contribution in [0.3, 0.4) is 0 Å². The number of furan rings is 1. The molecule has 14 heavy (non-hydrogen) atoms. The molecule has 69 valence electrons. The van der Waals surface area contributed by atoms with Gasteiger partial charge in [-0.15, -0.1) is 0 Å². The molecule has 0 aliphatic heterocycles. The van der Waals surface area contributed by atoms with Gasteiger partial charge in [-0.2, -0.15) is 0 Å². The van der Waals surface area contributed by atoms with E-state index in [9.17, 15) is 10.1 Å². The third-order valence-electron chi connectivity index (χ3n) is 1.86. The SMILES string of the molecule is O=[N+]([O-])c1ccc(-c2[c]coc2)cc1. The summed E-state index contributed by atoms with van der Waals surface area (Å²) in [5, 5.41) is 10.4. The largest absolute Gasteiger partial charge is 0.471 e. The molecule has 1 radical (unpaired) electrons. The summed E-state index contributed by atoms with van der Waals surface area (Å²) in [6, 6.07) is 9.11. The molecule has 2 aromatic rings. The first kappa shape index (κ1) is 8.50. The van der Waals surface area contributed by atoms with E-state index in [1.807, 2.05) is 0 Å². The zero-order valence-corrected chi connectivity index (χ0v) is 7.14. The number of rotatable bonds is 2. The van der Waals surface area contributed by atoms with Crippen LogP contribution < -0.4 is 0 Å². The zero-order valence-electron chi connectivity index (χ0n) is 7.14. The van der Waals surface area contributed by atoms with E-state index in [-0.39, 0.29) is 5.69 Å². The molecule has 0 bridgehead atoms. The number of benzene rings is 1. The molecular formula is C10H6NO3. The molecule has 0 saturated heterocycles. The van der Waals surface area contributed by atoms with Crippen LogP contribution in [-0.4, -0.2) is 4.92 Å². The van der Waals surface area contributed by atoms with E-state index in [2.05, 4.69) is 6.07 Å². The summed E-state index contributed by atoms with van der Waals surface area (Å²) in [4.78, 5) is 9.95. The monoisotopic (exact) mass is 188 g/mol. The first-order chi connectivity index (χ1) is 6.77. The third kappa shape index (κ3) is 1.50. The van der Waals surface area contributed by atoms with Gasteiger partial charge >= 0.3 is 0 Å². The van der Waals surface area contributed by atoms with Crippen LogP contribution in [-0.2, 0) is 0 Å². The maximum absolute atomic E-state index is 10.4. The van der Waals surface area contributed by atoms with Crippen molar-refractivity contribution in [2.24, 2.45) is 0 Å². The predicted molar refractivity (Wildman–Crippen MR) is 49.6 cm³/mol. The van der Waals surface area contributed by atoms with Gasteiger partial charge in [0.1, 0.15) is 0 Å². The summed E-state index contributed by atoms with van der Waals surface area (Å²) in [7, 11) is 0. The maximum Gasteiger partial charge on any atom is 0.269 e. The Morgan fingerprint density at radius 2 is 2.00 bits per heavy atom. The quantitative estimate of drug-likeness (QED) is 0.537. The van der Waals surface area contributed by atoms with Crippen molar-refractivity contribution in [3.63, 3.8) is 0 Å². The first-order valence-electron chi connectivity index (χ1n) is 3.96. The first-order valence-corrected chi connectivity index (χ1v) is 3.96. The maximum atomic E-state index is 10.4. The molecule has 0 aliphatic rings. The van der Waals surface area contributed by atoms with Crippen LogP contribution in [0, 0.1) is 16.2 Å². The van der Waals surface area contributed by atoms with Crippen LogP contribution in [0.5, 0.6) is 0 Å². The predicted octanol–water partition coefficient (Wildman–Crippen LogP) is 2.65. The van der Waals surface area contributed by atoms with Crippen molar-refractivity contribution < 1.29 is 9.34 Å². The molecule has 4 heteroatoms. The number of hydrogen-bond donors (Lipinski definition) is 0. The van der Waals surface area contributed by atoms with Crippen LogP contribution in [0.15, 0.2) is 41.2 Å². The highest BCUT2D eigenvalue weighted by Gasteiger charge is 2.05. The molecule has 1 aromatic carbocycles. The fraction of sp³-hybridized carbons (Fsp3) is 0. The minimum Gasteiger partial charge on any atom is -0.471 e. The lowest BCUT2D eigenvalue weighted by atomic mass is 10.1. The Morgan fingerprint density at radius 3 is 2.50 bits per heavy atom. The molecule has 1 aromatic heterocycles. The molecule has 0 spiro atoms. The van der Waals surface area contributed by atoms with E-state index in [1.54, 1.807) is 18.4 Å². The minimum atomic E-state index is -0.428. The highest BCUT2D eigenvalue weighted by molar-refractivity contribution is 5.62. The standard InChI is InChI=1S/C10H6NO3/c12-11(13)10-3-1-8(2-4-10)9-5-6-14-7-9/h1-4,6-7H. The van der Waals surface area contributed by atoms with Crippen LogP contribution in [0.25, 0.3) is 11.1 Å². The van der Waals surface area contributed by atoms with Gasteiger partial charge in [-0.25, -0.2) is 0 Å². The second-order valence-corrected chi connectivity index (χ2v) is 2.73. The fourth-order valence-electron chi connectivity index (χ4n) is 1.15. The zero-order chi connectivity index (χ0) is 9.97. The summed E-state index contributed by atoms with van der Waals surface area (Å²) in [6.07, 6.45) is 2.98. The Bertz CT molecular complexity index is 431. The Morgan fingerprint density at radius 1 is 1.29 bits per heavy atom. The van der Waals surface area contributed by atoms with Gasteiger partial charge in [0, 0.05) is 23.8 Å². The van der Waals surface area contributed by atoms with Gasteiger partial charge in [-0.1, -0.05) is 0 Å². The summed E-state index contributed by atoms with van der Waals surface area (Å²) < 4.78 is 4.86. The summed E-state index contributed by atoms with van der Waals surface area (Å²) in [5.41, 5.74) is 1.72. The molecule has 0 aliphatic carbocycles. The normalized spacial score (nSPS) is 10.0. The number of nitro benzene ring substituents is 1. The average molecular weight is 188 g/mol. The number of nitro groups is 1. The van der Waals surface area contributed by atoms with Gasteiger partial charge in [0.25, 0.3) is 5.69 Å². The van der Waals surface area contributed by atoms with Crippen molar-refractivity contribution in [1.29, 1.82) is 0 Å². The molecule has 0 amide bonds. The van der Waals surface area contributed by atoms with Crippen LogP contribution in [0.4, 0.5) is 5.69 Å². The van der Waals surface area contributed by atoms with Crippen molar-refractivity contribution in [2.45, 2.75) is 0 Å². The number of hydrogen-bond acceptors (Lipinski definition) is 3. The molecule has 0 N–H and O–H groups in total. The third-order valence-corrected chi connectivity index (χ3v) is 1.86. The van der Waals surface area contributed by atoms with Crippen molar-refractivity contribution >= 4 is 5.69 Å². The Kier molecular flexibility index (Phi) is 2.02. The van der Waals surface area contributed by atoms with E-state index in [4.69, 9.17) is 4.42 Å². The van der Waals surface area contributed by atoms with Crippen molar-refractivity contribution in [3.8, 4) is 11.1 Å². The van der Waals surface area contributed by atoms with Gasteiger partial charge in [-0.3, -0.25) is 10.1 Å². The summed E-state index contributed by atoms with van der Waals surface area (Å²) >= 11 is 0. The van der Waals surface area contributed by atoms with Gasteiger partial charge in [0.2, 0.25) is 0 Å². The molecule has 0 atom stereocenters. The smallest absolute Gasteiger partial charge is 0.269 e. The molecule has 0 fully saturated rings. The highest BCUT2D eigenvalue weighted by Crippen LogP contribution is 2.21. The van der Waals surface area contributed by atoms with E-state index < -0.39 is 4.92 Å². The average Bonchev–Trinajstić information content (AvgIpc) is 2.71. The van der Waals surface area contributed by atoms with Gasteiger partial charge in [0.15, 0.2) is 0 Å². The minimum absolute atomic E-state index is 0.0808. The van der Waals surface area contributed by atoms with E-state index in [0.717, 1.165) is 11.1 Å². The van der Waals surface area contributed by atoms with E-state index >= 15 is 0 Å². The second-order valence-electron chi connectivity index (χ2n) is 2.73. The topological polar surface area (TPSA) is 56.3 Å². The highest BCUT2D eigenvalue weighted by atomic mass is 16.6.